The lowest BCUT2D eigenvalue weighted by Crippen LogP contribution is -2.38. The molecule has 1 amide bonds. The third-order valence-electron chi connectivity index (χ3n) is 5.12. The monoisotopic (exact) mass is 409 g/mol. The van der Waals surface area contributed by atoms with Gasteiger partial charge in [0.2, 0.25) is 5.91 Å². The molecule has 0 spiro atoms. The molecular weight excluding hydrogens is 378 g/mol. The Morgan fingerprint density at radius 2 is 2.00 bits per heavy atom. The molecule has 0 unspecified atom stereocenters. The number of ether oxygens (including phenoxy) is 2. The van der Waals surface area contributed by atoms with Crippen molar-refractivity contribution in [2.45, 2.75) is 39.0 Å². The number of thiophene rings is 1. The van der Waals surface area contributed by atoms with Crippen molar-refractivity contribution in [3.63, 3.8) is 0 Å². The summed E-state index contributed by atoms with van der Waals surface area (Å²) in [6.45, 7) is 7.78. The Morgan fingerprint density at radius 1 is 1.21 bits per heavy atom. The zero-order valence-corrected chi connectivity index (χ0v) is 17.5. The van der Waals surface area contributed by atoms with E-state index in [1.807, 2.05) is 0 Å². The molecule has 2 heterocycles. The Balaban J connectivity index is 1.47. The van der Waals surface area contributed by atoms with E-state index in [9.17, 15) is 9.59 Å². The first-order valence-electron chi connectivity index (χ1n) is 10.3. The maximum absolute atomic E-state index is 12.4. The first-order chi connectivity index (χ1) is 13.7. The van der Waals surface area contributed by atoms with Crippen LogP contribution in [0.15, 0.2) is 0 Å². The number of anilines is 1. The van der Waals surface area contributed by atoms with Gasteiger partial charge in [-0.1, -0.05) is 0 Å². The Bertz CT molecular complexity index is 671. The molecule has 3 rings (SSSR count). The molecule has 1 fully saturated rings. The molecule has 0 atom stereocenters. The minimum atomic E-state index is -0.323. The smallest absolute Gasteiger partial charge is 0.341 e. The lowest BCUT2D eigenvalue weighted by Gasteiger charge is -2.26. The van der Waals surface area contributed by atoms with Crippen LogP contribution < -0.4 is 10.6 Å². The van der Waals surface area contributed by atoms with Gasteiger partial charge in [-0.05, 0) is 57.7 Å². The summed E-state index contributed by atoms with van der Waals surface area (Å²) in [4.78, 5) is 28.4. The number of morpholine rings is 1. The molecule has 2 aliphatic rings. The Hall–Kier alpha value is -1.48. The zero-order chi connectivity index (χ0) is 19.8. The Labute approximate surface area is 170 Å². The van der Waals surface area contributed by atoms with E-state index < -0.39 is 0 Å². The van der Waals surface area contributed by atoms with E-state index in [2.05, 4.69) is 15.5 Å². The number of nitrogens with zero attached hydrogens (tertiary/aromatic N) is 1. The quantitative estimate of drug-likeness (QED) is 0.480. The molecule has 1 aliphatic carbocycles. The highest BCUT2D eigenvalue weighted by molar-refractivity contribution is 7.17. The largest absolute Gasteiger partial charge is 0.462 e. The van der Waals surface area contributed by atoms with Crippen LogP contribution in [0.4, 0.5) is 5.00 Å². The molecule has 0 bridgehead atoms. The highest BCUT2D eigenvalue weighted by Crippen LogP contribution is 2.38. The maximum atomic E-state index is 12.4. The molecule has 8 heteroatoms. The van der Waals surface area contributed by atoms with Crippen molar-refractivity contribution in [2.24, 2.45) is 0 Å². The Morgan fingerprint density at radius 3 is 2.79 bits per heavy atom. The molecule has 1 saturated heterocycles. The number of carbonyl (C=O) groups is 2. The third kappa shape index (κ3) is 5.76. The molecule has 156 valence electrons. The molecule has 2 N–H and O–H groups in total. The van der Waals surface area contributed by atoms with Crippen molar-refractivity contribution in [1.29, 1.82) is 0 Å². The minimum absolute atomic E-state index is 0.115. The van der Waals surface area contributed by atoms with Gasteiger partial charge in [0.15, 0.2) is 0 Å². The van der Waals surface area contributed by atoms with E-state index >= 15 is 0 Å². The van der Waals surface area contributed by atoms with Crippen LogP contribution >= 0.6 is 11.3 Å². The molecule has 7 nitrogen and oxygen atoms in total. The van der Waals surface area contributed by atoms with Gasteiger partial charge in [-0.2, -0.15) is 0 Å². The van der Waals surface area contributed by atoms with Crippen LogP contribution in [0, 0.1) is 0 Å². The number of carbonyl (C=O) groups excluding carboxylic acids is 2. The number of aryl methyl sites for hydroxylation is 1. The van der Waals surface area contributed by atoms with E-state index in [-0.39, 0.29) is 18.4 Å². The van der Waals surface area contributed by atoms with Crippen LogP contribution in [0.5, 0.6) is 0 Å². The van der Waals surface area contributed by atoms with Gasteiger partial charge in [-0.3, -0.25) is 9.69 Å². The number of esters is 1. The van der Waals surface area contributed by atoms with Gasteiger partial charge >= 0.3 is 5.97 Å². The predicted octanol–water partition coefficient (Wildman–Crippen LogP) is 2.05. The van der Waals surface area contributed by atoms with Gasteiger partial charge in [-0.25, -0.2) is 4.79 Å². The number of hydrogen-bond acceptors (Lipinski definition) is 7. The lowest BCUT2D eigenvalue weighted by atomic mass is 9.95. The standard InChI is InChI=1S/C20H31N3O4S/c1-2-27-20(25)18-15-6-3-4-7-16(15)28-19(18)22-17(24)14-21-8-5-9-23-10-12-26-13-11-23/h21H,2-14H2,1H3,(H,22,24). The SMILES string of the molecule is CCOC(=O)c1c(NC(=O)CNCCCN2CCOCC2)sc2c1CCCC2. The molecule has 1 aliphatic heterocycles. The van der Waals surface area contributed by atoms with E-state index in [1.54, 1.807) is 6.92 Å². The lowest BCUT2D eigenvalue weighted by molar-refractivity contribution is -0.115. The van der Waals surface area contributed by atoms with Crippen molar-refractivity contribution in [1.82, 2.24) is 10.2 Å². The Kier molecular flexibility index (Phi) is 8.27. The van der Waals surface area contributed by atoms with Crippen molar-refractivity contribution < 1.29 is 19.1 Å². The van der Waals surface area contributed by atoms with E-state index in [4.69, 9.17) is 9.47 Å². The van der Waals surface area contributed by atoms with Crippen LogP contribution in [0.2, 0.25) is 0 Å². The second kappa shape index (κ2) is 10.9. The summed E-state index contributed by atoms with van der Waals surface area (Å²) in [7, 11) is 0. The van der Waals surface area contributed by atoms with Crippen molar-refractivity contribution in [2.75, 3.05) is 57.9 Å². The summed E-state index contributed by atoms with van der Waals surface area (Å²) in [6, 6.07) is 0. The van der Waals surface area contributed by atoms with Crippen LogP contribution in [-0.4, -0.2) is 69.3 Å². The summed E-state index contributed by atoms with van der Waals surface area (Å²) >= 11 is 1.53. The number of amides is 1. The van der Waals surface area contributed by atoms with Crippen LogP contribution in [0.25, 0.3) is 0 Å². The average molecular weight is 410 g/mol. The van der Waals surface area contributed by atoms with Crippen LogP contribution in [-0.2, 0) is 27.1 Å². The van der Waals surface area contributed by atoms with Gasteiger partial charge < -0.3 is 20.1 Å². The number of fused-ring (bicyclic) bond motifs is 1. The van der Waals surface area contributed by atoms with Crippen molar-refractivity contribution >= 4 is 28.2 Å². The summed E-state index contributed by atoms with van der Waals surface area (Å²) in [6.07, 6.45) is 5.06. The zero-order valence-electron chi connectivity index (χ0n) is 16.7. The van der Waals surface area contributed by atoms with Gasteiger partial charge in [0, 0.05) is 18.0 Å². The fourth-order valence-corrected chi connectivity index (χ4v) is 4.99. The molecule has 0 aromatic carbocycles. The van der Waals surface area contributed by atoms with E-state index in [0.717, 1.165) is 77.1 Å². The summed E-state index contributed by atoms with van der Waals surface area (Å²) < 4.78 is 10.6. The summed E-state index contributed by atoms with van der Waals surface area (Å²) in [5.74, 6) is -0.439. The summed E-state index contributed by atoms with van der Waals surface area (Å²) in [5, 5.41) is 6.78. The van der Waals surface area contributed by atoms with Crippen molar-refractivity contribution in [3.8, 4) is 0 Å². The fraction of sp³-hybridized carbons (Fsp3) is 0.700. The normalized spacial score (nSPS) is 17.2. The third-order valence-corrected chi connectivity index (χ3v) is 6.33. The molecule has 1 aromatic heterocycles. The van der Waals surface area contributed by atoms with Gasteiger partial charge in [0.05, 0.1) is 31.9 Å². The van der Waals surface area contributed by atoms with Gasteiger partial charge in [0.1, 0.15) is 5.00 Å². The molecule has 1 aromatic rings. The number of hydrogen-bond donors (Lipinski definition) is 2. The first-order valence-corrected chi connectivity index (χ1v) is 11.1. The highest BCUT2D eigenvalue weighted by Gasteiger charge is 2.27. The predicted molar refractivity (Wildman–Crippen MR) is 110 cm³/mol. The van der Waals surface area contributed by atoms with Crippen molar-refractivity contribution in [3.05, 3.63) is 16.0 Å². The fourth-order valence-electron chi connectivity index (χ4n) is 3.70. The number of rotatable bonds is 9. The van der Waals surface area contributed by atoms with E-state index in [1.165, 1.54) is 16.2 Å². The first kappa shape index (κ1) is 21.2. The molecule has 0 radical (unpaired) electrons. The molecular formula is C20H31N3O4S. The van der Waals surface area contributed by atoms with Gasteiger partial charge in [-0.15, -0.1) is 11.3 Å². The van der Waals surface area contributed by atoms with E-state index in [0.29, 0.717) is 17.2 Å². The molecule has 0 saturated carbocycles. The van der Waals surface area contributed by atoms with Crippen LogP contribution in [0.3, 0.4) is 0 Å². The minimum Gasteiger partial charge on any atom is -0.462 e. The average Bonchev–Trinajstić information content (AvgIpc) is 3.06. The van der Waals surface area contributed by atoms with Gasteiger partial charge in [0.25, 0.3) is 0 Å². The topological polar surface area (TPSA) is 79.9 Å². The number of nitrogens with one attached hydrogen (secondary N) is 2. The highest BCUT2D eigenvalue weighted by atomic mass is 32.1. The second-order valence-corrected chi connectivity index (χ2v) is 8.27. The molecule has 28 heavy (non-hydrogen) atoms. The summed E-state index contributed by atoms with van der Waals surface area (Å²) in [5.41, 5.74) is 1.64. The second-order valence-electron chi connectivity index (χ2n) is 7.17. The van der Waals surface area contributed by atoms with Crippen LogP contribution in [0.1, 0.15) is 47.0 Å². The maximum Gasteiger partial charge on any atom is 0.341 e.